The number of anilines is 1. The molecule has 1 amide bonds. The van der Waals surface area contributed by atoms with Gasteiger partial charge in [0.2, 0.25) is 0 Å². The third-order valence-corrected chi connectivity index (χ3v) is 5.68. The Labute approximate surface area is 184 Å². The number of carbonyl (C=O) groups is 2. The van der Waals surface area contributed by atoms with Gasteiger partial charge in [-0.2, -0.15) is 0 Å². The van der Waals surface area contributed by atoms with Crippen molar-refractivity contribution in [3.8, 4) is 5.75 Å². The number of rotatable bonds is 4. The normalized spacial score (nSPS) is 17.9. The summed E-state index contributed by atoms with van der Waals surface area (Å²) < 4.78 is 10.9. The number of nitrogens with zero attached hydrogens (tertiary/aromatic N) is 1. The van der Waals surface area contributed by atoms with Gasteiger partial charge in [-0.15, -0.1) is 0 Å². The van der Waals surface area contributed by atoms with E-state index in [9.17, 15) is 14.7 Å². The van der Waals surface area contributed by atoms with Gasteiger partial charge in [0.1, 0.15) is 29.1 Å². The Hall–Kier alpha value is -3.51. The second kappa shape index (κ2) is 7.96. The number of Topliss-reactive ketones (excluding diaryl/α,β-unsaturated/α-hetero) is 1. The molecule has 0 radical (unpaired) electrons. The van der Waals surface area contributed by atoms with Gasteiger partial charge in [-0.05, 0) is 67.9 Å². The Morgan fingerprint density at radius 2 is 1.77 bits per heavy atom. The fourth-order valence-corrected chi connectivity index (χ4v) is 3.78. The summed E-state index contributed by atoms with van der Waals surface area (Å²) in [5, 5.41) is 11.5. The molecule has 1 aliphatic rings. The number of aliphatic hydroxyl groups is 1. The van der Waals surface area contributed by atoms with Crippen molar-refractivity contribution in [1.29, 1.82) is 0 Å². The number of hydrogen-bond donors (Lipinski definition) is 1. The number of amides is 1. The van der Waals surface area contributed by atoms with Crippen LogP contribution in [0.1, 0.15) is 28.7 Å². The van der Waals surface area contributed by atoms with E-state index in [0.29, 0.717) is 33.5 Å². The smallest absolute Gasteiger partial charge is 0.300 e. The number of aryl methyl sites for hydroxylation is 2. The number of halogens is 1. The molecule has 1 unspecified atom stereocenters. The van der Waals surface area contributed by atoms with Crippen LogP contribution in [0.4, 0.5) is 5.69 Å². The number of benzene rings is 2. The Balaban J connectivity index is 1.91. The summed E-state index contributed by atoms with van der Waals surface area (Å²) in [6.07, 6.45) is 0. The zero-order chi connectivity index (χ0) is 22.3. The highest BCUT2D eigenvalue weighted by Gasteiger charge is 2.48. The first-order chi connectivity index (χ1) is 14.8. The first kappa shape index (κ1) is 20.8. The van der Waals surface area contributed by atoms with Crippen LogP contribution in [-0.4, -0.2) is 23.9 Å². The van der Waals surface area contributed by atoms with Crippen LogP contribution in [-0.2, 0) is 9.59 Å². The van der Waals surface area contributed by atoms with Crippen molar-refractivity contribution in [3.63, 3.8) is 0 Å². The Kier molecular flexibility index (Phi) is 5.33. The Bertz CT molecular complexity index is 1210. The number of carbonyl (C=O) groups excluding carboxylic acids is 2. The highest BCUT2D eigenvalue weighted by Crippen LogP contribution is 2.43. The van der Waals surface area contributed by atoms with Crippen LogP contribution in [0, 0.1) is 13.8 Å². The second-order valence-electron chi connectivity index (χ2n) is 7.28. The predicted molar refractivity (Wildman–Crippen MR) is 117 cm³/mol. The van der Waals surface area contributed by atoms with E-state index in [-0.39, 0.29) is 11.3 Å². The molecule has 6 nitrogen and oxygen atoms in total. The number of aliphatic hydroxyl groups excluding tert-OH is 1. The minimum Gasteiger partial charge on any atom is -0.507 e. The molecule has 2 aromatic carbocycles. The van der Waals surface area contributed by atoms with Gasteiger partial charge in [-0.3, -0.25) is 14.5 Å². The zero-order valence-corrected chi connectivity index (χ0v) is 17.9. The standard InChI is InChI=1S/C24H20ClNO5/c1-13-4-8-16(12-18(13)25)26-21(19-11-5-14(2)31-19)20(23(28)24(26)29)22(27)15-6-9-17(30-3)10-7-15/h4-12,21,27H,1-3H3/b22-20-. The lowest BCUT2D eigenvalue weighted by molar-refractivity contribution is -0.132. The minimum atomic E-state index is -0.936. The molecule has 158 valence electrons. The lowest BCUT2D eigenvalue weighted by Crippen LogP contribution is -2.29. The van der Waals surface area contributed by atoms with Crippen molar-refractivity contribution in [2.75, 3.05) is 12.0 Å². The maximum Gasteiger partial charge on any atom is 0.300 e. The van der Waals surface area contributed by atoms with Crippen molar-refractivity contribution in [2.45, 2.75) is 19.9 Å². The molecule has 0 saturated carbocycles. The van der Waals surface area contributed by atoms with Crippen LogP contribution in [0.5, 0.6) is 5.75 Å². The largest absolute Gasteiger partial charge is 0.507 e. The van der Waals surface area contributed by atoms with Crippen LogP contribution in [0.15, 0.2) is 64.6 Å². The molecular formula is C24H20ClNO5. The van der Waals surface area contributed by atoms with E-state index < -0.39 is 17.7 Å². The van der Waals surface area contributed by atoms with Crippen molar-refractivity contribution in [3.05, 3.63) is 87.8 Å². The van der Waals surface area contributed by atoms with E-state index >= 15 is 0 Å². The lowest BCUT2D eigenvalue weighted by Gasteiger charge is -2.24. The summed E-state index contributed by atoms with van der Waals surface area (Å²) in [5.41, 5.74) is 1.60. The van der Waals surface area contributed by atoms with Gasteiger partial charge in [0, 0.05) is 16.3 Å². The second-order valence-corrected chi connectivity index (χ2v) is 7.69. The van der Waals surface area contributed by atoms with Gasteiger partial charge >= 0.3 is 0 Å². The Morgan fingerprint density at radius 1 is 1.06 bits per heavy atom. The van der Waals surface area contributed by atoms with Gasteiger partial charge in [0.05, 0.1) is 12.7 Å². The highest BCUT2D eigenvalue weighted by atomic mass is 35.5. The van der Waals surface area contributed by atoms with Crippen molar-refractivity contribution >= 4 is 34.7 Å². The first-order valence-corrected chi connectivity index (χ1v) is 9.97. The third kappa shape index (κ3) is 3.59. The summed E-state index contributed by atoms with van der Waals surface area (Å²) in [6, 6.07) is 14.2. The molecule has 31 heavy (non-hydrogen) atoms. The molecule has 1 saturated heterocycles. The van der Waals surface area contributed by atoms with Crippen molar-refractivity contribution in [2.24, 2.45) is 0 Å². The molecule has 1 atom stereocenters. The topological polar surface area (TPSA) is 80.0 Å². The van der Waals surface area contributed by atoms with E-state index in [1.165, 1.54) is 12.0 Å². The maximum atomic E-state index is 13.1. The van der Waals surface area contributed by atoms with Crippen LogP contribution in [0.25, 0.3) is 5.76 Å². The van der Waals surface area contributed by atoms with E-state index in [4.69, 9.17) is 20.8 Å². The van der Waals surface area contributed by atoms with Crippen LogP contribution < -0.4 is 9.64 Å². The zero-order valence-electron chi connectivity index (χ0n) is 17.2. The summed E-state index contributed by atoms with van der Waals surface area (Å²) >= 11 is 6.28. The van der Waals surface area contributed by atoms with Gasteiger partial charge in [-0.25, -0.2) is 0 Å². The number of ketones is 1. The monoisotopic (exact) mass is 437 g/mol. The lowest BCUT2D eigenvalue weighted by atomic mass is 9.99. The number of ether oxygens (including phenoxy) is 1. The molecule has 0 aliphatic carbocycles. The molecule has 4 rings (SSSR count). The molecule has 3 aromatic rings. The molecule has 7 heteroatoms. The molecule has 2 heterocycles. The van der Waals surface area contributed by atoms with Crippen LogP contribution in [0.3, 0.4) is 0 Å². The third-order valence-electron chi connectivity index (χ3n) is 5.27. The van der Waals surface area contributed by atoms with Gasteiger partial charge < -0.3 is 14.3 Å². The predicted octanol–water partition coefficient (Wildman–Crippen LogP) is 5.18. The average molecular weight is 438 g/mol. The molecule has 1 aromatic heterocycles. The summed E-state index contributed by atoms with van der Waals surface area (Å²) in [5.74, 6) is -0.279. The number of furan rings is 1. The molecule has 0 bridgehead atoms. The Morgan fingerprint density at radius 3 is 2.35 bits per heavy atom. The summed E-state index contributed by atoms with van der Waals surface area (Å²) in [4.78, 5) is 27.4. The van der Waals surface area contributed by atoms with Gasteiger partial charge in [0.25, 0.3) is 11.7 Å². The molecule has 1 fully saturated rings. The van der Waals surface area contributed by atoms with Crippen molar-refractivity contribution < 1.29 is 23.8 Å². The van der Waals surface area contributed by atoms with Crippen LogP contribution >= 0.6 is 11.6 Å². The van der Waals surface area contributed by atoms with E-state index in [1.54, 1.807) is 61.5 Å². The number of methoxy groups -OCH3 is 1. The molecule has 1 aliphatic heterocycles. The van der Waals surface area contributed by atoms with Gasteiger partial charge in [-0.1, -0.05) is 17.7 Å². The SMILES string of the molecule is COc1ccc(/C(O)=C2/C(=O)C(=O)N(c3ccc(C)c(Cl)c3)C2c2ccc(C)o2)cc1. The quantitative estimate of drug-likeness (QED) is 0.345. The summed E-state index contributed by atoms with van der Waals surface area (Å²) in [7, 11) is 1.53. The van der Waals surface area contributed by atoms with E-state index in [2.05, 4.69) is 0 Å². The molecule has 1 N–H and O–H groups in total. The average Bonchev–Trinajstić information content (AvgIpc) is 3.31. The summed E-state index contributed by atoms with van der Waals surface area (Å²) in [6.45, 7) is 3.61. The first-order valence-electron chi connectivity index (χ1n) is 9.59. The highest BCUT2D eigenvalue weighted by molar-refractivity contribution is 6.51. The molecular weight excluding hydrogens is 418 g/mol. The minimum absolute atomic E-state index is 0.0544. The van der Waals surface area contributed by atoms with E-state index in [1.807, 2.05) is 6.92 Å². The van der Waals surface area contributed by atoms with Crippen molar-refractivity contribution in [1.82, 2.24) is 0 Å². The maximum absolute atomic E-state index is 13.1. The fraction of sp³-hybridized carbons (Fsp3) is 0.167. The fourth-order valence-electron chi connectivity index (χ4n) is 3.60. The molecule has 0 spiro atoms. The number of hydrogen-bond acceptors (Lipinski definition) is 5. The van der Waals surface area contributed by atoms with Gasteiger partial charge in [0.15, 0.2) is 0 Å². The van der Waals surface area contributed by atoms with E-state index in [0.717, 1.165) is 5.56 Å². The van der Waals surface area contributed by atoms with Crippen LogP contribution in [0.2, 0.25) is 5.02 Å².